The van der Waals surface area contributed by atoms with E-state index in [1.165, 1.54) is 38.4 Å². The molecule has 3 aromatic rings. The van der Waals surface area contributed by atoms with E-state index in [0.29, 0.717) is 58.5 Å². The summed E-state index contributed by atoms with van der Waals surface area (Å²) >= 11 is 0. The van der Waals surface area contributed by atoms with Crippen molar-refractivity contribution in [2.24, 2.45) is 5.92 Å². The van der Waals surface area contributed by atoms with E-state index in [2.05, 4.69) is 0 Å². The molecule has 32 heavy (non-hydrogen) atoms. The van der Waals surface area contributed by atoms with Crippen molar-refractivity contribution in [2.75, 3.05) is 27.9 Å². The van der Waals surface area contributed by atoms with Gasteiger partial charge in [0.1, 0.15) is 16.7 Å². The van der Waals surface area contributed by atoms with Gasteiger partial charge in [-0.05, 0) is 48.6 Å². The van der Waals surface area contributed by atoms with Crippen LogP contribution in [0.15, 0.2) is 45.8 Å². The lowest BCUT2D eigenvalue weighted by molar-refractivity contribution is 0.210. The minimum atomic E-state index is -0.0840. The third kappa shape index (κ3) is 4.54. The fourth-order valence-corrected chi connectivity index (χ4v) is 4.44. The van der Waals surface area contributed by atoms with Crippen molar-refractivity contribution in [3.8, 4) is 23.0 Å². The Morgan fingerprint density at radius 1 is 0.938 bits per heavy atom. The molecule has 0 unspecified atom stereocenters. The predicted molar refractivity (Wildman–Crippen MR) is 123 cm³/mol. The number of ether oxygens (including phenoxy) is 4. The van der Waals surface area contributed by atoms with Crippen LogP contribution in [0.25, 0.3) is 11.0 Å². The number of fused-ring (bicyclic) bond motifs is 1. The molecule has 4 rings (SSSR count). The fourth-order valence-electron chi connectivity index (χ4n) is 4.44. The SMILES string of the molecule is COc1cc(Cc2coc3cccc(OCC4CCCCC4)c3c2=O)cc(OC)c1OC. The normalized spacial score (nSPS) is 14.3. The summed E-state index contributed by atoms with van der Waals surface area (Å²) in [5, 5.41) is 0.494. The smallest absolute Gasteiger partial charge is 0.203 e. The van der Waals surface area contributed by atoms with Gasteiger partial charge in [0, 0.05) is 12.0 Å². The lowest BCUT2D eigenvalue weighted by Gasteiger charge is -2.22. The highest BCUT2D eigenvalue weighted by atomic mass is 16.5. The highest BCUT2D eigenvalue weighted by molar-refractivity contribution is 5.83. The zero-order valence-electron chi connectivity index (χ0n) is 18.9. The first-order valence-electron chi connectivity index (χ1n) is 11.1. The minimum Gasteiger partial charge on any atom is -0.493 e. The molecule has 0 amide bonds. The molecular formula is C26H30O6. The Bertz CT molecular complexity index is 1100. The Morgan fingerprint density at radius 3 is 2.31 bits per heavy atom. The minimum absolute atomic E-state index is 0.0840. The summed E-state index contributed by atoms with van der Waals surface area (Å²) < 4.78 is 28.2. The topological polar surface area (TPSA) is 67.1 Å². The van der Waals surface area contributed by atoms with Crippen LogP contribution in [-0.2, 0) is 6.42 Å². The molecule has 0 radical (unpaired) electrons. The summed E-state index contributed by atoms with van der Waals surface area (Å²) in [5.41, 5.74) is 1.84. The molecule has 0 bridgehead atoms. The van der Waals surface area contributed by atoms with Gasteiger partial charge in [-0.2, -0.15) is 0 Å². The highest BCUT2D eigenvalue weighted by Gasteiger charge is 2.18. The molecule has 0 atom stereocenters. The van der Waals surface area contributed by atoms with Crippen LogP contribution >= 0.6 is 0 Å². The van der Waals surface area contributed by atoms with Crippen molar-refractivity contribution in [1.29, 1.82) is 0 Å². The average Bonchev–Trinajstić information content (AvgIpc) is 2.84. The molecule has 0 spiro atoms. The first-order valence-corrected chi connectivity index (χ1v) is 11.1. The molecule has 170 valence electrons. The number of rotatable bonds is 8. The maximum atomic E-state index is 13.4. The van der Waals surface area contributed by atoms with Gasteiger partial charge in [-0.25, -0.2) is 0 Å². The maximum Gasteiger partial charge on any atom is 0.203 e. The maximum absolute atomic E-state index is 13.4. The molecule has 6 heteroatoms. The Labute approximate surface area is 188 Å². The molecule has 1 fully saturated rings. The zero-order chi connectivity index (χ0) is 22.5. The second kappa shape index (κ2) is 9.98. The van der Waals surface area contributed by atoms with E-state index in [1.54, 1.807) is 27.4 Å². The quantitative estimate of drug-likeness (QED) is 0.471. The number of hydrogen-bond donors (Lipinski definition) is 0. The predicted octanol–water partition coefficient (Wildman–Crippen LogP) is 5.37. The van der Waals surface area contributed by atoms with Gasteiger partial charge in [-0.3, -0.25) is 4.79 Å². The van der Waals surface area contributed by atoms with Crippen molar-refractivity contribution in [1.82, 2.24) is 0 Å². The van der Waals surface area contributed by atoms with E-state index in [-0.39, 0.29) is 5.43 Å². The molecule has 0 saturated heterocycles. The molecule has 0 aliphatic heterocycles. The first kappa shape index (κ1) is 22.1. The summed E-state index contributed by atoms with van der Waals surface area (Å²) in [6, 6.07) is 9.20. The Balaban J connectivity index is 1.65. The highest BCUT2D eigenvalue weighted by Crippen LogP contribution is 2.38. The van der Waals surface area contributed by atoms with E-state index in [1.807, 2.05) is 24.3 Å². The van der Waals surface area contributed by atoms with Crippen LogP contribution < -0.4 is 24.4 Å². The first-order chi connectivity index (χ1) is 15.6. The van der Waals surface area contributed by atoms with E-state index < -0.39 is 0 Å². The summed E-state index contributed by atoms with van der Waals surface area (Å²) in [4.78, 5) is 13.4. The van der Waals surface area contributed by atoms with Crippen molar-refractivity contribution in [2.45, 2.75) is 38.5 Å². The van der Waals surface area contributed by atoms with Crippen molar-refractivity contribution in [3.63, 3.8) is 0 Å². The average molecular weight is 439 g/mol. The van der Waals surface area contributed by atoms with Gasteiger partial charge in [0.05, 0.1) is 34.2 Å². The number of hydrogen-bond acceptors (Lipinski definition) is 6. The Morgan fingerprint density at radius 2 is 1.66 bits per heavy atom. The molecule has 2 aromatic carbocycles. The second-order valence-corrected chi connectivity index (χ2v) is 8.24. The molecule has 0 N–H and O–H groups in total. The van der Waals surface area contributed by atoms with Crippen molar-refractivity contribution < 1.29 is 23.4 Å². The molecule has 1 aromatic heterocycles. The van der Waals surface area contributed by atoms with Crippen LogP contribution in [0, 0.1) is 5.92 Å². The lowest BCUT2D eigenvalue weighted by Crippen LogP contribution is -2.17. The third-order valence-electron chi connectivity index (χ3n) is 6.15. The van der Waals surface area contributed by atoms with Crippen LogP contribution in [0.3, 0.4) is 0 Å². The standard InChI is InChI=1S/C26H30O6/c1-28-22-13-18(14-23(29-2)26(22)30-3)12-19-16-32-21-11-7-10-20(24(21)25(19)27)31-15-17-8-5-4-6-9-17/h7,10-11,13-14,16-17H,4-6,8-9,12,15H2,1-3H3. The van der Waals surface area contributed by atoms with E-state index in [0.717, 1.165) is 5.56 Å². The van der Waals surface area contributed by atoms with Crippen LogP contribution in [0.5, 0.6) is 23.0 Å². The summed E-state index contributed by atoms with van der Waals surface area (Å²) in [6.45, 7) is 0.635. The van der Waals surface area contributed by atoms with E-state index >= 15 is 0 Å². The molecule has 1 aliphatic carbocycles. The largest absolute Gasteiger partial charge is 0.493 e. The summed E-state index contributed by atoms with van der Waals surface area (Å²) in [5.74, 6) is 2.75. The van der Waals surface area contributed by atoms with Gasteiger partial charge in [0.15, 0.2) is 16.9 Å². The van der Waals surface area contributed by atoms with Crippen LogP contribution in [0.4, 0.5) is 0 Å². The fraction of sp³-hybridized carbons (Fsp3) is 0.423. The van der Waals surface area contributed by atoms with E-state index in [9.17, 15) is 4.79 Å². The molecule has 1 aliphatic rings. The van der Waals surface area contributed by atoms with Crippen molar-refractivity contribution >= 4 is 11.0 Å². The van der Waals surface area contributed by atoms with Crippen LogP contribution in [-0.4, -0.2) is 27.9 Å². The zero-order valence-corrected chi connectivity index (χ0v) is 18.9. The lowest BCUT2D eigenvalue weighted by atomic mass is 9.90. The van der Waals surface area contributed by atoms with Gasteiger partial charge < -0.3 is 23.4 Å². The molecular weight excluding hydrogens is 408 g/mol. The van der Waals surface area contributed by atoms with Gasteiger partial charge in [-0.15, -0.1) is 0 Å². The summed E-state index contributed by atoms with van der Waals surface area (Å²) in [6.07, 6.45) is 8.08. The molecule has 1 saturated carbocycles. The Kier molecular flexibility index (Phi) is 6.88. The Hall–Kier alpha value is -3.15. The number of methoxy groups -OCH3 is 3. The van der Waals surface area contributed by atoms with E-state index in [4.69, 9.17) is 23.4 Å². The summed E-state index contributed by atoms with van der Waals surface area (Å²) in [7, 11) is 4.70. The van der Waals surface area contributed by atoms with Gasteiger partial charge >= 0.3 is 0 Å². The second-order valence-electron chi connectivity index (χ2n) is 8.24. The monoisotopic (exact) mass is 438 g/mol. The van der Waals surface area contributed by atoms with Crippen LogP contribution in [0.1, 0.15) is 43.2 Å². The molecule has 1 heterocycles. The number of benzene rings is 2. The third-order valence-corrected chi connectivity index (χ3v) is 6.15. The molecule has 6 nitrogen and oxygen atoms in total. The van der Waals surface area contributed by atoms with Crippen LogP contribution in [0.2, 0.25) is 0 Å². The van der Waals surface area contributed by atoms with Crippen molar-refractivity contribution in [3.05, 3.63) is 57.9 Å². The van der Waals surface area contributed by atoms with Gasteiger partial charge in [0.25, 0.3) is 0 Å². The van der Waals surface area contributed by atoms with Gasteiger partial charge in [0.2, 0.25) is 5.75 Å². The van der Waals surface area contributed by atoms with Gasteiger partial charge in [-0.1, -0.05) is 25.3 Å².